The fourth-order valence-electron chi connectivity index (χ4n) is 3.69. The summed E-state index contributed by atoms with van der Waals surface area (Å²) in [7, 11) is 2.88. The highest BCUT2D eigenvalue weighted by Crippen LogP contribution is 2.35. The van der Waals surface area contributed by atoms with Crippen LogP contribution in [0.1, 0.15) is 15.9 Å². The summed E-state index contributed by atoms with van der Waals surface area (Å²) < 4.78 is 42.0. The number of anilines is 2. The summed E-state index contributed by atoms with van der Waals surface area (Å²) in [6.07, 6.45) is 0. The third-order valence-corrected chi connectivity index (χ3v) is 6.46. The first-order chi connectivity index (χ1) is 19.1. The minimum atomic E-state index is -1.30. The predicted octanol–water partition coefficient (Wildman–Crippen LogP) is 5.65. The summed E-state index contributed by atoms with van der Waals surface area (Å²) in [5, 5.41) is 16.7. The fourth-order valence-corrected chi connectivity index (χ4v) is 4.15. The number of hydrogen-bond acceptors (Lipinski definition) is 7. The summed E-state index contributed by atoms with van der Waals surface area (Å²) in [5.41, 5.74) is -1.13. The van der Waals surface area contributed by atoms with Gasteiger partial charge in [-0.3, -0.25) is 24.3 Å². The number of nitrogens with zero attached hydrogens (tertiary/aromatic N) is 2. The molecule has 1 heterocycles. The number of halogens is 3. The molecule has 10 nitrogen and oxygen atoms in total. The van der Waals surface area contributed by atoms with Crippen LogP contribution in [0.3, 0.4) is 0 Å². The number of nitrogens with one attached hydrogen (secondary N) is 2. The van der Waals surface area contributed by atoms with Gasteiger partial charge < -0.3 is 20.1 Å². The lowest BCUT2D eigenvalue weighted by Gasteiger charge is -2.20. The van der Waals surface area contributed by atoms with Gasteiger partial charge in [0, 0.05) is 29.3 Å². The number of methoxy groups -OCH3 is 1. The Balaban J connectivity index is 1.81. The molecule has 0 atom stereocenters. The van der Waals surface area contributed by atoms with E-state index < -0.39 is 45.2 Å². The van der Waals surface area contributed by atoms with Gasteiger partial charge in [-0.2, -0.15) is 4.39 Å². The van der Waals surface area contributed by atoms with E-state index >= 15 is 0 Å². The minimum Gasteiger partial charge on any atom is -0.497 e. The summed E-state index contributed by atoms with van der Waals surface area (Å²) in [6.45, 7) is 0.0492. The van der Waals surface area contributed by atoms with Gasteiger partial charge in [-0.05, 0) is 64.6 Å². The highest BCUT2D eigenvalue weighted by molar-refractivity contribution is 14.1. The van der Waals surface area contributed by atoms with E-state index in [9.17, 15) is 28.5 Å². The van der Waals surface area contributed by atoms with E-state index in [0.29, 0.717) is 14.9 Å². The number of pyridine rings is 1. The van der Waals surface area contributed by atoms with Gasteiger partial charge in [-0.25, -0.2) is 4.39 Å². The van der Waals surface area contributed by atoms with Crippen LogP contribution in [0.2, 0.25) is 0 Å². The van der Waals surface area contributed by atoms with E-state index in [1.807, 2.05) is 22.6 Å². The van der Waals surface area contributed by atoms with E-state index in [-0.39, 0.29) is 23.6 Å². The van der Waals surface area contributed by atoms with Crippen molar-refractivity contribution in [1.82, 2.24) is 9.88 Å². The first-order valence-electron chi connectivity index (χ1n) is 11.6. The maximum atomic E-state index is 14.9. The van der Waals surface area contributed by atoms with Crippen LogP contribution in [0.15, 0.2) is 71.5 Å². The Morgan fingerprint density at radius 3 is 2.45 bits per heavy atom. The van der Waals surface area contributed by atoms with Gasteiger partial charge >= 0.3 is 5.69 Å². The van der Waals surface area contributed by atoms with Gasteiger partial charge in [0.2, 0.25) is 5.82 Å². The van der Waals surface area contributed by atoms with Crippen molar-refractivity contribution in [2.24, 2.45) is 7.05 Å². The van der Waals surface area contributed by atoms with Crippen LogP contribution in [0.5, 0.6) is 17.2 Å². The molecule has 0 fully saturated rings. The second-order valence-electron chi connectivity index (χ2n) is 8.36. The molecule has 206 valence electrons. The SMILES string of the molecule is COc1ccc(CNC(=O)c2c(Oc3cccc([N+](=O)[O-])c3F)cc(=O)n(C)c2Nc2ccc(I)cc2F)cc1. The second kappa shape index (κ2) is 12.1. The van der Waals surface area contributed by atoms with Crippen molar-refractivity contribution in [3.8, 4) is 17.2 Å². The van der Waals surface area contributed by atoms with Crippen LogP contribution in [0, 0.1) is 25.3 Å². The zero-order valence-corrected chi connectivity index (χ0v) is 23.2. The van der Waals surface area contributed by atoms with Crippen LogP contribution in [0.25, 0.3) is 0 Å². The number of carbonyl (C=O) groups excluding carboxylic acids is 1. The largest absolute Gasteiger partial charge is 0.497 e. The van der Waals surface area contributed by atoms with E-state index in [0.717, 1.165) is 22.8 Å². The number of nitro groups is 1. The molecular formula is C27H21F2IN4O6. The van der Waals surface area contributed by atoms with Gasteiger partial charge in [0.1, 0.15) is 28.7 Å². The van der Waals surface area contributed by atoms with Gasteiger partial charge in [0.15, 0.2) is 5.75 Å². The topological polar surface area (TPSA) is 125 Å². The smallest absolute Gasteiger partial charge is 0.308 e. The monoisotopic (exact) mass is 662 g/mol. The first-order valence-corrected chi connectivity index (χ1v) is 12.6. The summed E-state index contributed by atoms with van der Waals surface area (Å²) in [5.74, 6) is -3.22. The number of benzene rings is 3. The number of nitro benzene ring substituents is 1. The standard InChI is InChI=1S/C27H21F2IN4O6/c1-33-23(35)13-22(40-21-5-3-4-20(25(21)29)34(37)38)24(26(33)32-19-11-8-16(30)12-18(19)28)27(36)31-14-15-6-9-17(39-2)10-7-15/h3-13,32H,14H2,1-2H3,(H,31,36). The Labute approximate surface area is 239 Å². The van der Waals surface area contributed by atoms with Crippen LogP contribution in [-0.2, 0) is 13.6 Å². The van der Waals surface area contributed by atoms with Crippen molar-refractivity contribution in [1.29, 1.82) is 0 Å². The molecule has 0 aliphatic carbocycles. The van der Waals surface area contributed by atoms with Gasteiger partial charge in [0.05, 0.1) is 17.7 Å². The zero-order valence-electron chi connectivity index (χ0n) is 21.0. The fraction of sp³-hybridized carbons (Fsp3) is 0.111. The summed E-state index contributed by atoms with van der Waals surface area (Å²) in [4.78, 5) is 36.7. The molecule has 0 spiro atoms. The van der Waals surface area contributed by atoms with Gasteiger partial charge in [-0.1, -0.05) is 18.2 Å². The zero-order chi connectivity index (χ0) is 29.0. The molecule has 0 saturated carbocycles. The van der Waals surface area contributed by atoms with Crippen molar-refractivity contribution in [2.45, 2.75) is 6.54 Å². The molecule has 40 heavy (non-hydrogen) atoms. The maximum absolute atomic E-state index is 14.9. The summed E-state index contributed by atoms with van der Waals surface area (Å²) >= 11 is 1.93. The van der Waals surface area contributed by atoms with Gasteiger partial charge in [-0.15, -0.1) is 0 Å². The highest BCUT2D eigenvalue weighted by Gasteiger charge is 2.26. The van der Waals surface area contributed by atoms with E-state index in [4.69, 9.17) is 9.47 Å². The van der Waals surface area contributed by atoms with Crippen LogP contribution < -0.4 is 25.7 Å². The van der Waals surface area contributed by atoms with Crippen molar-refractivity contribution < 1.29 is 28.0 Å². The molecule has 0 bridgehead atoms. The van der Waals surface area contributed by atoms with Crippen molar-refractivity contribution in [3.05, 3.63) is 114 Å². The number of aromatic nitrogens is 1. The highest BCUT2D eigenvalue weighted by atomic mass is 127. The number of amides is 1. The molecule has 0 radical (unpaired) electrons. The number of rotatable bonds is 9. The molecule has 0 aliphatic heterocycles. The molecule has 0 aliphatic rings. The Hall–Kier alpha value is -4.53. The lowest BCUT2D eigenvalue weighted by atomic mass is 10.1. The molecule has 1 aromatic heterocycles. The molecule has 0 unspecified atom stereocenters. The third-order valence-electron chi connectivity index (χ3n) is 5.79. The predicted molar refractivity (Wildman–Crippen MR) is 151 cm³/mol. The Bertz CT molecular complexity index is 1660. The van der Waals surface area contributed by atoms with Crippen LogP contribution >= 0.6 is 22.6 Å². The molecule has 2 N–H and O–H groups in total. The normalized spacial score (nSPS) is 10.6. The van der Waals surface area contributed by atoms with E-state index in [2.05, 4.69) is 10.6 Å². The molecule has 1 amide bonds. The third kappa shape index (κ3) is 6.20. The van der Waals surface area contributed by atoms with Crippen LogP contribution in [-0.4, -0.2) is 22.5 Å². The number of hydrogen-bond donors (Lipinski definition) is 2. The number of carbonyl (C=O) groups is 1. The summed E-state index contributed by atoms with van der Waals surface area (Å²) in [6, 6.07) is 15.4. The van der Waals surface area contributed by atoms with E-state index in [1.165, 1.54) is 32.4 Å². The molecule has 13 heteroatoms. The van der Waals surface area contributed by atoms with Crippen molar-refractivity contribution >= 4 is 45.7 Å². The average molecular weight is 662 g/mol. The molecule has 0 saturated heterocycles. The lowest BCUT2D eigenvalue weighted by Crippen LogP contribution is -2.29. The Morgan fingerprint density at radius 1 is 1.07 bits per heavy atom. The molecule has 4 rings (SSSR count). The minimum absolute atomic E-state index is 0.0432. The lowest BCUT2D eigenvalue weighted by molar-refractivity contribution is -0.387. The average Bonchev–Trinajstić information content (AvgIpc) is 2.92. The maximum Gasteiger partial charge on any atom is 0.308 e. The number of ether oxygens (including phenoxy) is 2. The molecule has 3 aromatic carbocycles. The second-order valence-corrected chi connectivity index (χ2v) is 9.60. The van der Waals surface area contributed by atoms with Crippen LogP contribution in [0.4, 0.5) is 26.0 Å². The Morgan fingerprint density at radius 2 is 1.80 bits per heavy atom. The quantitative estimate of drug-likeness (QED) is 0.135. The van der Waals surface area contributed by atoms with Crippen molar-refractivity contribution in [2.75, 3.05) is 12.4 Å². The van der Waals surface area contributed by atoms with Gasteiger partial charge in [0.25, 0.3) is 11.5 Å². The van der Waals surface area contributed by atoms with E-state index in [1.54, 1.807) is 30.3 Å². The molecular weight excluding hydrogens is 641 g/mol. The molecule has 4 aromatic rings. The van der Waals surface area contributed by atoms with Crippen molar-refractivity contribution in [3.63, 3.8) is 0 Å². The Kier molecular flexibility index (Phi) is 8.62. The first kappa shape index (κ1) is 28.5.